The van der Waals surface area contributed by atoms with Crippen LogP contribution in [-0.2, 0) is 14.8 Å². The highest BCUT2D eigenvalue weighted by molar-refractivity contribution is 7.89. The third-order valence-electron chi connectivity index (χ3n) is 3.49. The molecule has 0 heterocycles. The first-order valence-electron chi connectivity index (χ1n) is 7.98. The number of carbonyl (C=O) groups excluding carboxylic acids is 2. The second kappa shape index (κ2) is 9.83. The minimum Gasteiger partial charge on any atom is -0.273 e. The smallest absolute Gasteiger partial charge is 0.271 e. The van der Waals surface area contributed by atoms with Crippen molar-refractivity contribution in [2.45, 2.75) is 17.7 Å². The molecule has 150 valence electrons. The van der Waals surface area contributed by atoms with Crippen molar-refractivity contribution >= 4 is 45.0 Å². The molecule has 2 aromatic carbocycles. The van der Waals surface area contributed by atoms with Crippen LogP contribution < -0.4 is 15.6 Å². The highest BCUT2D eigenvalue weighted by Crippen LogP contribution is 2.20. The van der Waals surface area contributed by atoms with Gasteiger partial charge in [0.15, 0.2) is 0 Å². The summed E-state index contributed by atoms with van der Waals surface area (Å²) in [6.45, 7) is -0.0127. The maximum atomic E-state index is 12.8. The second-order valence-corrected chi connectivity index (χ2v) is 8.19. The first kappa shape index (κ1) is 22.1. The van der Waals surface area contributed by atoms with Crippen LogP contribution in [0.25, 0.3) is 0 Å². The largest absolute Gasteiger partial charge is 0.273 e. The first-order chi connectivity index (χ1) is 13.2. The van der Waals surface area contributed by atoms with Crippen molar-refractivity contribution in [1.82, 2.24) is 15.6 Å². The summed E-state index contributed by atoms with van der Waals surface area (Å²) in [5.41, 5.74) is 4.50. The van der Waals surface area contributed by atoms with E-state index in [1.807, 2.05) is 0 Å². The molecule has 0 fully saturated rings. The lowest BCUT2D eigenvalue weighted by Crippen LogP contribution is -2.41. The number of carbonyl (C=O) groups is 2. The lowest BCUT2D eigenvalue weighted by Gasteiger charge is -2.09. The maximum absolute atomic E-state index is 12.8. The summed E-state index contributed by atoms with van der Waals surface area (Å²) >= 11 is 11.7. The molecule has 0 aliphatic heterocycles. The molecule has 28 heavy (non-hydrogen) atoms. The fraction of sp³-hybridized carbons (Fsp3) is 0.176. The predicted molar refractivity (Wildman–Crippen MR) is 103 cm³/mol. The zero-order valence-electron chi connectivity index (χ0n) is 14.3. The number of hydrazine groups is 1. The van der Waals surface area contributed by atoms with E-state index in [1.54, 1.807) is 0 Å². The molecule has 2 rings (SSSR count). The van der Waals surface area contributed by atoms with Gasteiger partial charge in [0.05, 0.1) is 15.5 Å². The van der Waals surface area contributed by atoms with Gasteiger partial charge in [-0.25, -0.2) is 17.5 Å². The SMILES string of the molecule is O=C(CCCNS(=O)(=O)c1ccc(F)cc1)NNC(=O)c1cc(Cl)ccc1Cl. The summed E-state index contributed by atoms with van der Waals surface area (Å²) in [6.07, 6.45) is 0.134. The van der Waals surface area contributed by atoms with E-state index in [4.69, 9.17) is 23.2 Å². The topological polar surface area (TPSA) is 104 Å². The van der Waals surface area contributed by atoms with E-state index in [-0.39, 0.29) is 34.9 Å². The molecule has 3 N–H and O–H groups in total. The van der Waals surface area contributed by atoms with Crippen molar-refractivity contribution in [3.8, 4) is 0 Å². The lowest BCUT2D eigenvalue weighted by atomic mass is 10.2. The fourth-order valence-corrected chi connectivity index (χ4v) is 3.53. The molecule has 2 aromatic rings. The average Bonchev–Trinajstić information content (AvgIpc) is 2.65. The number of sulfonamides is 1. The van der Waals surface area contributed by atoms with Crippen LogP contribution in [0.4, 0.5) is 4.39 Å². The van der Waals surface area contributed by atoms with Crippen LogP contribution in [0.5, 0.6) is 0 Å². The van der Waals surface area contributed by atoms with E-state index in [2.05, 4.69) is 15.6 Å². The number of nitrogens with one attached hydrogen (secondary N) is 3. The molecule has 0 atom stereocenters. The monoisotopic (exact) mass is 447 g/mol. The predicted octanol–water partition coefficient (Wildman–Crippen LogP) is 2.65. The summed E-state index contributed by atoms with van der Waals surface area (Å²) in [4.78, 5) is 23.7. The van der Waals surface area contributed by atoms with E-state index in [0.717, 1.165) is 24.3 Å². The van der Waals surface area contributed by atoms with E-state index in [0.29, 0.717) is 5.02 Å². The molecule has 0 unspecified atom stereocenters. The normalized spacial score (nSPS) is 11.1. The highest BCUT2D eigenvalue weighted by atomic mass is 35.5. The van der Waals surface area contributed by atoms with E-state index in [9.17, 15) is 22.4 Å². The van der Waals surface area contributed by atoms with E-state index < -0.39 is 27.7 Å². The summed E-state index contributed by atoms with van der Waals surface area (Å²) in [5, 5.41) is 0.487. The van der Waals surface area contributed by atoms with E-state index in [1.165, 1.54) is 18.2 Å². The molecule has 7 nitrogen and oxygen atoms in total. The molecule has 0 radical (unpaired) electrons. The van der Waals surface area contributed by atoms with Gasteiger partial charge in [0.1, 0.15) is 5.82 Å². The quantitative estimate of drug-likeness (QED) is 0.448. The second-order valence-electron chi connectivity index (χ2n) is 5.58. The van der Waals surface area contributed by atoms with Crippen LogP contribution >= 0.6 is 23.2 Å². The molecule has 0 saturated heterocycles. The molecule has 0 spiro atoms. The Balaban J connectivity index is 1.75. The van der Waals surface area contributed by atoms with Crippen LogP contribution in [0.3, 0.4) is 0 Å². The van der Waals surface area contributed by atoms with Gasteiger partial charge in [0, 0.05) is 18.0 Å². The number of hydrogen-bond acceptors (Lipinski definition) is 4. The standard InChI is InChI=1S/C17H16Cl2FN3O4S/c18-11-3-8-15(19)14(10-11)17(25)23-22-16(24)2-1-9-21-28(26,27)13-6-4-12(20)5-7-13/h3-8,10,21H,1-2,9H2,(H,22,24)(H,23,25). The first-order valence-corrected chi connectivity index (χ1v) is 10.2. The summed E-state index contributed by atoms with van der Waals surface area (Å²) in [6, 6.07) is 8.69. The maximum Gasteiger partial charge on any atom is 0.271 e. The van der Waals surface area contributed by atoms with Gasteiger partial charge in [-0.2, -0.15) is 0 Å². The number of hydrogen-bond donors (Lipinski definition) is 3. The Morgan fingerprint density at radius 1 is 1.00 bits per heavy atom. The number of benzene rings is 2. The Morgan fingerprint density at radius 2 is 1.68 bits per heavy atom. The molecule has 11 heteroatoms. The van der Waals surface area contributed by atoms with Crippen molar-refractivity contribution in [2.75, 3.05) is 6.54 Å². The molecular weight excluding hydrogens is 432 g/mol. The summed E-state index contributed by atoms with van der Waals surface area (Å²) in [5.74, 6) is -1.71. The van der Waals surface area contributed by atoms with Gasteiger partial charge in [-0.1, -0.05) is 23.2 Å². The summed E-state index contributed by atoms with van der Waals surface area (Å²) in [7, 11) is -3.79. The Kier molecular flexibility index (Phi) is 7.76. The zero-order chi connectivity index (χ0) is 20.7. The molecule has 0 aromatic heterocycles. The van der Waals surface area contributed by atoms with Crippen molar-refractivity contribution in [2.24, 2.45) is 0 Å². The fourth-order valence-electron chi connectivity index (χ4n) is 2.08. The van der Waals surface area contributed by atoms with Crippen LogP contribution in [0.2, 0.25) is 10.0 Å². The van der Waals surface area contributed by atoms with Gasteiger partial charge >= 0.3 is 0 Å². The van der Waals surface area contributed by atoms with Gasteiger partial charge in [0.25, 0.3) is 5.91 Å². The Labute approximate surface area is 171 Å². The zero-order valence-corrected chi connectivity index (χ0v) is 16.7. The molecule has 0 aliphatic rings. The van der Waals surface area contributed by atoms with Crippen LogP contribution in [0.15, 0.2) is 47.4 Å². The van der Waals surface area contributed by atoms with Crippen molar-refractivity contribution in [3.05, 3.63) is 63.9 Å². The molecular formula is C17H16Cl2FN3O4S. The van der Waals surface area contributed by atoms with Crippen LogP contribution in [0.1, 0.15) is 23.2 Å². The number of halogens is 3. The molecule has 2 amide bonds. The number of amides is 2. The van der Waals surface area contributed by atoms with Crippen molar-refractivity contribution < 1.29 is 22.4 Å². The highest BCUT2D eigenvalue weighted by Gasteiger charge is 2.14. The molecule has 0 saturated carbocycles. The van der Waals surface area contributed by atoms with Crippen molar-refractivity contribution in [1.29, 1.82) is 0 Å². The van der Waals surface area contributed by atoms with Gasteiger partial charge in [0.2, 0.25) is 15.9 Å². The molecule has 0 bridgehead atoms. The number of rotatable bonds is 7. The average molecular weight is 448 g/mol. The van der Waals surface area contributed by atoms with Crippen LogP contribution in [0, 0.1) is 5.82 Å². The Morgan fingerprint density at radius 3 is 2.36 bits per heavy atom. The minimum absolute atomic E-state index is 0.0127. The van der Waals surface area contributed by atoms with E-state index >= 15 is 0 Å². The third kappa shape index (κ3) is 6.45. The summed E-state index contributed by atoms with van der Waals surface area (Å²) < 4.78 is 39.2. The minimum atomic E-state index is -3.79. The molecule has 0 aliphatic carbocycles. The van der Waals surface area contributed by atoms with Gasteiger partial charge < -0.3 is 0 Å². The van der Waals surface area contributed by atoms with Gasteiger partial charge in [-0.3, -0.25) is 20.4 Å². The van der Waals surface area contributed by atoms with Crippen LogP contribution in [-0.4, -0.2) is 26.8 Å². The Hall–Kier alpha value is -2.20. The van der Waals surface area contributed by atoms with Crippen molar-refractivity contribution in [3.63, 3.8) is 0 Å². The Bertz CT molecular complexity index is 969. The van der Waals surface area contributed by atoms with Gasteiger partial charge in [-0.15, -0.1) is 0 Å². The lowest BCUT2D eigenvalue weighted by molar-refractivity contribution is -0.121. The van der Waals surface area contributed by atoms with Gasteiger partial charge in [-0.05, 0) is 48.9 Å². The third-order valence-corrected chi connectivity index (χ3v) is 5.53.